The van der Waals surface area contributed by atoms with Crippen molar-refractivity contribution in [3.05, 3.63) is 95.8 Å². The van der Waals surface area contributed by atoms with Crippen LogP contribution in [-0.4, -0.2) is 40.8 Å². The van der Waals surface area contributed by atoms with Crippen molar-refractivity contribution in [1.82, 2.24) is 5.32 Å². The Bertz CT molecular complexity index is 1530. The maximum atomic E-state index is 13.5. The topological polar surface area (TPSA) is 88.8 Å². The van der Waals surface area contributed by atoms with Crippen molar-refractivity contribution in [2.45, 2.75) is 6.61 Å². The molecule has 1 amide bonds. The first-order valence-corrected chi connectivity index (χ1v) is 13.4. The van der Waals surface area contributed by atoms with Crippen LogP contribution in [0.1, 0.15) is 21.5 Å². The van der Waals surface area contributed by atoms with Gasteiger partial charge in [-0.1, -0.05) is 43.0 Å². The molecule has 0 aliphatic carbocycles. The molecule has 0 unspecified atom stereocenters. The highest BCUT2D eigenvalue weighted by molar-refractivity contribution is 7.92. The van der Waals surface area contributed by atoms with E-state index in [4.69, 9.17) is 9.15 Å². The third kappa shape index (κ3) is 5.73. The zero-order chi connectivity index (χ0) is 26.6. The zero-order valence-electron chi connectivity index (χ0n) is 20.5. The van der Waals surface area contributed by atoms with Gasteiger partial charge in [0.15, 0.2) is 0 Å². The Morgan fingerprint density at radius 2 is 1.84 bits per heavy atom. The number of halogens is 1. The molecule has 3 aromatic carbocycles. The van der Waals surface area contributed by atoms with E-state index in [9.17, 15) is 17.6 Å². The SMILES string of the molecule is C=Cc1cc2c(C(=O)NC)c(-c3ccc(F)cc3)oc2cc1N(CCOCc1ccccc1)S(C)(=O)=O. The molecule has 1 aromatic heterocycles. The Balaban J connectivity index is 1.75. The number of hydrogen-bond donors (Lipinski definition) is 1. The van der Waals surface area contributed by atoms with Gasteiger partial charge in [-0.3, -0.25) is 9.10 Å². The van der Waals surface area contributed by atoms with Gasteiger partial charge < -0.3 is 14.5 Å². The van der Waals surface area contributed by atoms with E-state index in [1.165, 1.54) is 41.7 Å². The predicted octanol–water partition coefficient (Wildman–Crippen LogP) is 5.22. The molecule has 0 saturated heterocycles. The van der Waals surface area contributed by atoms with E-state index >= 15 is 0 Å². The first-order valence-electron chi connectivity index (χ1n) is 11.5. The lowest BCUT2D eigenvalue weighted by Gasteiger charge is -2.24. The molecule has 192 valence electrons. The fraction of sp³-hybridized carbons (Fsp3) is 0.179. The number of ether oxygens (including phenoxy) is 1. The summed E-state index contributed by atoms with van der Waals surface area (Å²) in [6, 6.07) is 18.4. The molecule has 1 N–H and O–H groups in total. The van der Waals surface area contributed by atoms with Crippen LogP contribution >= 0.6 is 0 Å². The van der Waals surface area contributed by atoms with E-state index in [-0.39, 0.29) is 24.5 Å². The number of nitrogens with zero attached hydrogens (tertiary/aromatic N) is 1. The maximum absolute atomic E-state index is 13.5. The number of rotatable bonds is 10. The highest BCUT2D eigenvalue weighted by atomic mass is 32.2. The minimum atomic E-state index is -3.70. The van der Waals surface area contributed by atoms with Crippen LogP contribution in [0.3, 0.4) is 0 Å². The summed E-state index contributed by atoms with van der Waals surface area (Å²) >= 11 is 0. The predicted molar refractivity (Wildman–Crippen MR) is 143 cm³/mol. The normalized spacial score (nSPS) is 11.4. The molecule has 7 nitrogen and oxygen atoms in total. The van der Waals surface area contributed by atoms with Crippen LogP contribution in [-0.2, 0) is 21.4 Å². The van der Waals surface area contributed by atoms with E-state index in [0.29, 0.717) is 34.4 Å². The summed E-state index contributed by atoms with van der Waals surface area (Å²) in [5, 5.41) is 3.08. The summed E-state index contributed by atoms with van der Waals surface area (Å²) in [6.07, 6.45) is 2.64. The molecule has 0 spiro atoms. The van der Waals surface area contributed by atoms with Gasteiger partial charge in [-0.25, -0.2) is 12.8 Å². The highest BCUT2D eigenvalue weighted by Gasteiger charge is 2.26. The van der Waals surface area contributed by atoms with E-state index in [2.05, 4.69) is 11.9 Å². The van der Waals surface area contributed by atoms with Gasteiger partial charge in [0.25, 0.3) is 5.91 Å². The molecule has 0 atom stereocenters. The number of sulfonamides is 1. The van der Waals surface area contributed by atoms with Gasteiger partial charge in [0.1, 0.15) is 17.2 Å². The minimum absolute atomic E-state index is 0.0614. The van der Waals surface area contributed by atoms with Crippen molar-refractivity contribution in [3.63, 3.8) is 0 Å². The first kappa shape index (κ1) is 26.1. The molecule has 1 heterocycles. The maximum Gasteiger partial charge on any atom is 0.255 e. The molecule has 4 rings (SSSR count). The van der Waals surface area contributed by atoms with Crippen molar-refractivity contribution in [1.29, 1.82) is 0 Å². The molecular formula is C28H27FN2O5S. The monoisotopic (exact) mass is 522 g/mol. The van der Waals surface area contributed by atoms with Crippen LogP contribution in [0.15, 0.2) is 77.7 Å². The summed E-state index contributed by atoms with van der Waals surface area (Å²) in [6.45, 7) is 4.40. The summed E-state index contributed by atoms with van der Waals surface area (Å²) < 4.78 is 52.1. The number of furan rings is 1. The van der Waals surface area contributed by atoms with Crippen molar-refractivity contribution in [2.75, 3.05) is 30.8 Å². The average molecular weight is 523 g/mol. The Hall–Kier alpha value is -3.95. The quantitative estimate of drug-likeness (QED) is 0.288. The number of carbonyl (C=O) groups is 1. The number of hydrogen-bond acceptors (Lipinski definition) is 5. The second-order valence-corrected chi connectivity index (χ2v) is 10.3. The van der Waals surface area contributed by atoms with Crippen molar-refractivity contribution in [3.8, 4) is 11.3 Å². The number of fused-ring (bicyclic) bond motifs is 1. The Labute approximate surface area is 215 Å². The lowest BCUT2D eigenvalue weighted by Crippen LogP contribution is -2.33. The Kier molecular flexibility index (Phi) is 7.75. The highest BCUT2D eigenvalue weighted by Crippen LogP contribution is 2.38. The number of anilines is 1. The Morgan fingerprint density at radius 1 is 1.14 bits per heavy atom. The van der Waals surface area contributed by atoms with Gasteiger partial charge in [-0.2, -0.15) is 0 Å². The van der Waals surface area contributed by atoms with Gasteiger partial charge in [0.2, 0.25) is 10.0 Å². The summed E-state index contributed by atoms with van der Waals surface area (Å²) in [7, 11) is -2.20. The summed E-state index contributed by atoms with van der Waals surface area (Å²) in [4.78, 5) is 12.8. The van der Waals surface area contributed by atoms with Gasteiger partial charge in [-0.15, -0.1) is 0 Å². The van der Waals surface area contributed by atoms with E-state index < -0.39 is 21.7 Å². The average Bonchev–Trinajstić information content (AvgIpc) is 3.26. The van der Waals surface area contributed by atoms with Crippen LogP contribution < -0.4 is 9.62 Å². The molecule has 0 fully saturated rings. The standard InChI is InChI=1S/C28H27FN2O5S/c1-4-20-16-23-25(36-27(26(23)28(32)30-2)21-10-12-22(29)13-11-21)17-24(20)31(37(3,33)34)14-15-35-18-19-8-6-5-7-9-19/h4-13,16-17H,1,14-15,18H2,2-3H3,(H,30,32). The van der Waals surface area contributed by atoms with Crippen molar-refractivity contribution < 1.29 is 26.8 Å². The third-order valence-electron chi connectivity index (χ3n) is 5.84. The molecule has 0 aliphatic rings. The smallest absolute Gasteiger partial charge is 0.255 e. The van der Waals surface area contributed by atoms with Crippen LogP contribution in [0, 0.1) is 5.82 Å². The fourth-order valence-corrected chi connectivity index (χ4v) is 4.98. The molecule has 0 aliphatic heterocycles. The number of amides is 1. The molecule has 37 heavy (non-hydrogen) atoms. The lowest BCUT2D eigenvalue weighted by atomic mass is 10.0. The molecule has 0 bridgehead atoms. The van der Waals surface area contributed by atoms with Crippen LogP contribution in [0.4, 0.5) is 10.1 Å². The van der Waals surface area contributed by atoms with E-state index in [1.54, 1.807) is 12.1 Å². The summed E-state index contributed by atoms with van der Waals surface area (Å²) in [5.74, 6) is -0.565. The second kappa shape index (κ2) is 11.0. The molecule has 0 radical (unpaired) electrons. The van der Waals surface area contributed by atoms with Gasteiger partial charge in [0.05, 0.1) is 37.3 Å². The van der Waals surface area contributed by atoms with E-state index in [0.717, 1.165) is 11.8 Å². The largest absolute Gasteiger partial charge is 0.455 e. The molecule has 4 aromatic rings. The van der Waals surface area contributed by atoms with Crippen LogP contribution in [0.5, 0.6) is 0 Å². The number of benzene rings is 3. The van der Waals surface area contributed by atoms with Crippen molar-refractivity contribution >= 4 is 38.7 Å². The number of carbonyl (C=O) groups excluding carboxylic acids is 1. The molecular weight excluding hydrogens is 495 g/mol. The lowest BCUT2D eigenvalue weighted by molar-refractivity contribution is 0.0964. The van der Waals surface area contributed by atoms with Crippen LogP contribution in [0.25, 0.3) is 28.4 Å². The first-order chi connectivity index (χ1) is 17.7. The molecule has 9 heteroatoms. The zero-order valence-corrected chi connectivity index (χ0v) is 21.3. The van der Waals surface area contributed by atoms with Crippen molar-refractivity contribution in [2.24, 2.45) is 0 Å². The fourth-order valence-electron chi connectivity index (χ4n) is 4.06. The Morgan fingerprint density at radius 3 is 2.46 bits per heavy atom. The van der Waals surface area contributed by atoms with Gasteiger partial charge in [-0.05, 0) is 41.5 Å². The van der Waals surface area contributed by atoms with Crippen LogP contribution in [0.2, 0.25) is 0 Å². The van der Waals surface area contributed by atoms with Gasteiger partial charge >= 0.3 is 0 Å². The second-order valence-electron chi connectivity index (χ2n) is 8.38. The number of nitrogens with one attached hydrogen (secondary N) is 1. The summed E-state index contributed by atoms with van der Waals surface area (Å²) in [5.41, 5.74) is 2.89. The molecule has 0 saturated carbocycles. The minimum Gasteiger partial charge on any atom is -0.455 e. The van der Waals surface area contributed by atoms with Gasteiger partial charge in [0, 0.05) is 24.1 Å². The van der Waals surface area contributed by atoms with E-state index in [1.807, 2.05) is 30.3 Å². The third-order valence-corrected chi connectivity index (χ3v) is 7.02.